The van der Waals surface area contributed by atoms with Crippen molar-refractivity contribution in [1.82, 2.24) is 15.6 Å². The predicted molar refractivity (Wildman–Crippen MR) is 94.5 cm³/mol. The molecule has 0 saturated carbocycles. The van der Waals surface area contributed by atoms with Gasteiger partial charge in [0.25, 0.3) is 0 Å². The van der Waals surface area contributed by atoms with E-state index in [0.29, 0.717) is 19.8 Å². The van der Waals surface area contributed by atoms with Crippen LogP contribution < -0.4 is 15.5 Å². The zero-order valence-electron chi connectivity index (χ0n) is 14.6. The second-order valence-corrected chi connectivity index (χ2v) is 6.08. The number of urea groups is 1. The Morgan fingerprint density at radius 1 is 1.32 bits per heavy atom. The van der Waals surface area contributed by atoms with E-state index in [1.54, 1.807) is 6.20 Å². The number of aryl methyl sites for hydroxylation is 1. The van der Waals surface area contributed by atoms with Crippen molar-refractivity contribution >= 4 is 11.8 Å². The standard InChI is InChI=1S/C18H24N4O3/c1-13-5-6-16(25-13)14(2)21-18(23)20-12-15-4-3-7-19-17(15)22-8-10-24-11-9-22/h3-7,14H,8-12H2,1-2H3,(H2,20,21,23). The third kappa shape index (κ3) is 4.51. The highest BCUT2D eigenvalue weighted by molar-refractivity contribution is 5.74. The normalized spacial score (nSPS) is 15.7. The first-order valence-electron chi connectivity index (χ1n) is 8.51. The number of ether oxygens (including phenoxy) is 1. The maximum Gasteiger partial charge on any atom is 0.315 e. The zero-order valence-corrected chi connectivity index (χ0v) is 14.6. The van der Waals surface area contributed by atoms with Gasteiger partial charge in [-0.15, -0.1) is 0 Å². The van der Waals surface area contributed by atoms with Crippen molar-refractivity contribution < 1.29 is 13.9 Å². The molecular weight excluding hydrogens is 320 g/mol. The fourth-order valence-electron chi connectivity index (χ4n) is 2.81. The molecule has 3 heterocycles. The molecule has 1 saturated heterocycles. The van der Waals surface area contributed by atoms with Gasteiger partial charge in [0.2, 0.25) is 0 Å². The van der Waals surface area contributed by atoms with Gasteiger partial charge in [-0.05, 0) is 32.0 Å². The summed E-state index contributed by atoms with van der Waals surface area (Å²) in [5.74, 6) is 2.47. The predicted octanol–water partition coefficient (Wildman–Crippen LogP) is 2.38. The Labute approximate surface area is 147 Å². The number of pyridine rings is 1. The topological polar surface area (TPSA) is 79.6 Å². The lowest BCUT2D eigenvalue weighted by Gasteiger charge is -2.29. The van der Waals surface area contributed by atoms with Crippen LogP contribution in [0.25, 0.3) is 0 Å². The molecule has 1 unspecified atom stereocenters. The highest BCUT2D eigenvalue weighted by atomic mass is 16.5. The highest BCUT2D eigenvalue weighted by Gasteiger charge is 2.17. The van der Waals surface area contributed by atoms with Gasteiger partial charge in [0, 0.05) is 31.4 Å². The van der Waals surface area contributed by atoms with Gasteiger partial charge in [0.05, 0.1) is 19.3 Å². The Balaban J connectivity index is 1.57. The smallest absolute Gasteiger partial charge is 0.315 e. The molecule has 2 aromatic rings. The summed E-state index contributed by atoms with van der Waals surface area (Å²) in [4.78, 5) is 18.8. The average molecular weight is 344 g/mol. The summed E-state index contributed by atoms with van der Waals surface area (Å²) in [6.07, 6.45) is 1.77. The minimum absolute atomic E-state index is 0.193. The molecule has 1 aliphatic rings. The molecule has 0 bridgehead atoms. The van der Waals surface area contributed by atoms with Crippen molar-refractivity contribution in [1.29, 1.82) is 0 Å². The molecule has 2 N–H and O–H groups in total. The van der Waals surface area contributed by atoms with Crippen molar-refractivity contribution in [3.63, 3.8) is 0 Å². The summed E-state index contributed by atoms with van der Waals surface area (Å²) in [6.45, 7) is 7.20. The van der Waals surface area contributed by atoms with E-state index in [2.05, 4.69) is 20.5 Å². The maximum atomic E-state index is 12.2. The lowest BCUT2D eigenvalue weighted by Crippen LogP contribution is -2.39. The molecule has 0 radical (unpaired) electrons. The van der Waals surface area contributed by atoms with Crippen LogP contribution in [0.3, 0.4) is 0 Å². The first kappa shape index (κ1) is 17.3. The Morgan fingerprint density at radius 3 is 2.84 bits per heavy atom. The Bertz CT molecular complexity index is 710. The fourth-order valence-corrected chi connectivity index (χ4v) is 2.81. The third-order valence-electron chi connectivity index (χ3n) is 4.15. The lowest BCUT2D eigenvalue weighted by molar-refractivity contribution is 0.122. The SMILES string of the molecule is Cc1ccc(C(C)NC(=O)NCc2cccnc2N2CCOCC2)o1. The first-order chi connectivity index (χ1) is 12.1. The second-order valence-electron chi connectivity index (χ2n) is 6.08. The van der Waals surface area contributed by atoms with Crippen LogP contribution in [0.4, 0.5) is 10.6 Å². The summed E-state index contributed by atoms with van der Waals surface area (Å²) in [5, 5.41) is 5.78. The molecule has 134 valence electrons. The number of furan rings is 1. The van der Waals surface area contributed by atoms with E-state index >= 15 is 0 Å². The first-order valence-corrected chi connectivity index (χ1v) is 8.51. The summed E-state index contributed by atoms with van der Waals surface area (Å²) >= 11 is 0. The van der Waals surface area contributed by atoms with Crippen molar-refractivity contribution in [2.75, 3.05) is 31.2 Å². The number of hydrogen-bond donors (Lipinski definition) is 2. The number of carbonyl (C=O) groups is 1. The average Bonchev–Trinajstić information content (AvgIpc) is 3.07. The maximum absolute atomic E-state index is 12.2. The van der Waals surface area contributed by atoms with Crippen LogP contribution in [0, 0.1) is 6.92 Å². The number of rotatable bonds is 5. The van der Waals surface area contributed by atoms with E-state index in [0.717, 1.165) is 36.0 Å². The number of hydrogen-bond acceptors (Lipinski definition) is 5. The number of nitrogens with zero attached hydrogens (tertiary/aromatic N) is 2. The monoisotopic (exact) mass is 344 g/mol. The van der Waals surface area contributed by atoms with Gasteiger partial charge in [-0.2, -0.15) is 0 Å². The number of carbonyl (C=O) groups excluding carboxylic acids is 1. The van der Waals surface area contributed by atoms with Crippen LogP contribution in [-0.2, 0) is 11.3 Å². The fraction of sp³-hybridized carbons (Fsp3) is 0.444. The minimum Gasteiger partial charge on any atom is -0.464 e. The zero-order chi connectivity index (χ0) is 17.6. The van der Waals surface area contributed by atoms with Crippen LogP contribution in [-0.4, -0.2) is 37.3 Å². The molecule has 0 aliphatic carbocycles. The molecule has 0 aromatic carbocycles. The van der Waals surface area contributed by atoms with E-state index in [-0.39, 0.29) is 12.1 Å². The molecule has 2 amide bonds. The molecule has 0 spiro atoms. The van der Waals surface area contributed by atoms with Gasteiger partial charge >= 0.3 is 6.03 Å². The van der Waals surface area contributed by atoms with Gasteiger partial charge in [-0.1, -0.05) is 6.07 Å². The van der Waals surface area contributed by atoms with Crippen molar-refractivity contribution in [2.24, 2.45) is 0 Å². The highest BCUT2D eigenvalue weighted by Crippen LogP contribution is 2.18. The van der Waals surface area contributed by atoms with Gasteiger partial charge in [-0.25, -0.2) is 9.78 Å². The third-order valence-corrected chi connectivity index (χ3v) is 4.15. The molecule has 1 atom stereocenters. The van der Waals surface area contributed by atoms with E-state index in [9.17, 15) is 4.79 Å². The number of morpholine rings is 1. The molecule has 7 nitrogen and oxygen atoms in total. The molecule has 2 aromatic heterocycles. The Kier molecular flexibility index (Phi) is 5.55. The van der Waals surface area contributed by atoms with Crippen LogP contribution in [0.5, 0.6) is 0 Å². The second kappa shape index (κ2) is 8.02. The van der Waals surface area contributed by atoms with Gasteiger partial charge < -0.3 is 24.7 Å². The molecule has 25 heavy (non-hydrogen) atoms. The Morgan fingerprint density at radius 2 is 2.12 bits per heavy atom. The van der Waals surface area contributed by atoms with Gasteiger partial charge in [-0.3, -0.25) is 0 Å². The summed E-state index contributed by atoms with van der Waals surface area (Å²) < 4.78 is 10.9. The van der Waals surface area contributed by atoms with E-state index in [1.165, 1.54) is 0 Å². The van der Waals surface area contributed by atoms with E-state index < -0.39 is 0 Å². The van der Waals surface area contributed by atoms with Crippen molar-refractivity contribution in [3.8, 4) is 0 Å². The molecule has 1 fully saturated rings. The van der Waals surface area contributed by atoms with Gasteiger partial charge in [0.15, 0.2) is 0 Å². The number of nitrogens with one attached hydrogen (secondary N) is 2. The summed E-state index contributed by atoms with van der Waals surface area (Å²) in [6, 6.07) is 7.19. The molecule has 1 aliphatic heterocycles. The van der Waals surface area contributed by atoms with Crippen LogP contribution >= 0.6 is 0 Å². The largest absolute Gasteiger partial charge is 0.464 e. The van der Waals surface area contributed by atoms with Gasteiger partial charge in [0.1, 0.15) is 17.3 Å². The van der Waals surface area contributed by atoms with Crippen LogP contribution in [0.1, 0.15) is 30.0 Å². The molecular formula is C18H24N4O3. The van der Waals surface area contributed by atoms with E-state index in [1.807, 2.05) is 38.1 Å². The minimum atomic E-state index is -0.238. The quantitative estimate of drug-likeness (QED) is 0.870. The Hall–Kier alpha value is -2.54. The summed E-state index contributed by atoms with van der Waals surface area (Å²) in [7, 11) is 0. The van der Waals surface area contributed by atoms with Crippen LogP contribution in [0.15, 0.2) is 34.9 Å². The van der Waals surface area contributed by atoms with Crippen LogP contribution in [0.2, 0.25) is 0 Å². The number of aromatic nitrogens is 1. The van der Waals surface area contributed by atoms with Crippen molar-refractivity contribution in [2.45, 2.75) is 26.4 Å². The lowest BCUT2D eigenvalue weighted by atomic mass is 10.2. The van der Waals surface area contributed by atoms with E-state index in [4.69, 9.17) is 9.15 Å². The molecule has 3 rings (SSSR count). The van der Waals surface area contributed by atoms with Crippen molar-refractivity contribution in [3.05, 3.63) is 47.5 Å². The number of anilines is 1. The summed E-state index contributed by atoms with van der Waals surface area (Å²) in [5.41, 5.74) is 0.987. The number of amides is 2. The molecule has 7 heteroatoms.